The van der Waals surface area contributed by atoms with Crippen LogP contribution in [0.3, 0.4) is 0 Å². The maximum atomic E-state index is 11.0. The Labute approximate surface area is 148 Å². The maximum Gasteiger partial charge on any atom is 0.270 e. The summed E-state index contributed by atoms with van der Waals surface area (Å²) in [6.45, 7) is 0.813. The number of para-hydroxylation sites is 1. The predicted molar refractivity (Wildman–Crippen MR) is 96.8 cm³/mol. The van der Waals surface area contributed by atoms with Crippen LogP contribution in [0.15, 0.2) is 42.5 Å². The normalized spacial score (nSPS) is 16.9. The van der Waals surface area contributed by atoms with Crippen LogP contribution >= 0.6 is 11.3 Å². The van der Waals surface area contributed by atoms with Gasteiger partial charge in [0.2, 0.25) is 0 Å². The molecule has 7 heteroatoms. The van der Waals surface area contributed by atoms with Crippen LogP contribution in [0.5, 0.6) is 0 Å². The third-order valence-electron chi connectivity index (χ3n) is 4.47. The second-order valence-corrected chi connectivity index (χ2v) is 7.00. The molecule has 1 atom stereocenters. The molecule has 1 saturated heterocycles. The van der Waals surface area contributed by atoms with Crippen molar-refractivity contribution in [1.29, 1.82) is 5.26 Å². The quantitative estimate of drug-likeness (QED) is 0.516. The highest BCUT2D eigenvalue weighted by atomic mass is 32.1. The van der Waals surface area contributed by atoms with Crippen molar-refractivity contribution in [2.75, 3.05) is 11.4 Å². The van der Waals surface area contributed by atoms with E-state index in [2.05, 4.69) is 17.0 Å². The Hall–Kier alpha value is -2.98. The number of benzene rings is 2. The van der Waals surface area contributed by atoms with Gasteiger partial charge in [0.05, 0.1) is 32.4 Å². The highest BCUT2D eigenvalue weighted by molar-refractivity contribution is 7.18. The first-order chi connectivity index (χ1) is 12.2. The minimum atomic E-state index is -0.473. The van der Waals surface area contributed by atoms with E-state index in [-0.39, 0.29) is 11.7 Å². The molecule has 124 valence electrons. The lowest BCUT2D eigenvalue weighted by molar-refractivity contribution is -0.384. The first kappa shape index (κ1) is 15.5. The zero-order valence-corrected chi connectivity index (χ0v) is 14.1. The molecular formula is C18H14N4O2S. The molecule has 0 spiro atoms. The van der Waals surface area contributed by atoms with E-state index < -0.39 is 4.92 Å². The second kappa shape index (κ2) is 6.15. The summed E-state index contributed by atoms with van der Waals surface area (Å²) in [6, 6.07) is 14.7. The molecule has 1 aliphatic heterocycles. The van der Waals surface area contributed by atoms with Crippen LogP contribution in [0.1, 0.15) is 29.5 Å². The Morgan fingerprint density at radius 1 is 1.32 bits per heavy atom. The third-order valence-corrected chi connectivity index (χ3v) is 5.61. The van der Waals surface area contributed by atoms with Crippen LogP contribution in [0.25, 0.3) is 10.2 Å². The molecule has 0 radical (unpaired) electrons. The van der Waals surface area contributed by atoms with Crippen LogP contribution in [0.2, 0.25) is 0 Å². The standard InChI is InChI=1S/C18H14N4O2S/c19-11-12-10-13(22(23)24)7-8-15(12)21-9-3-5-16(21)18-20-14-4-1-2-6-17(14)25-18/h1-2,4,6-8,10,16H,3,5,9H2/t16-/m1/s1. The van der Waals surface area contributed by atoms with Crippen molar-refractivity contribution in [1.82, 2.24) is 4.98 Å². The molecule has 0 N–H and O–H groups in total. The van der Waals surface area contributed by atoms with Crippen molar-refractivity contribution < 1.29 is 4.92 Å². The summed E-state index contributed by atoms with van der Waals surface area (Å²) >= 11 is 1.67. The molecule has 1 fully saturated rings. The molecule has 0 amide bonds. The van der Waals surface area contributed by atoms with Crippen LogP contribution in [0, 0.1) is 21.4 Å². The van der Waals surface area contributed by atoms with Gasteiger partial charge in [-0.3, -0.25) is 10.1 Å². The van der Waals surface area contributed by atoms with Gasteiger partial charge in [0.25, 0.3) is 5.69 Å². The lowest BCUT2D eigenvalue weighted by Crippen LogP contribution is -2.23. The molecule has 1 aliphatic rings. The van der Waals surface area contributed by atoms with E-state index in [9.17, 15) is 15.4 Å². The monoisotopic (exact) mass is 350 g/mol. The van der Waals surface area contributed by atoms with Crippen LogP contribution in [0.4, 0.5) is 11.4 Å². The third kappa shape index (κ3) is 2.71. The first-order valence-corrected chi connectivity index (χ1v) is 8.79. The van der Waals surface area contributed by atoms with Crippen molar-refractivity contribution in [3.63, 3.8) is 0 Å². The van der Waals surface area contributed by atoms with Gasteiger partial charge in [0.1, 0.15) is 11.1 Å². The fourth-order valence-electron chi connectivity index (χ4n) is 3.32. The lowest BCUT2D eigenvalue weighted by Gasteiger charge is -2.26. The van der Waals surface area contributed by atoms with Gasteiger partial charge in [-0.05, 0) is 31.0 Å². The Kier molecular flexibility index (Phi) is 3.82. The van der Waals surface area contributed by atoms with Gasteiger partial charge in [-0.2, -0.15) is 5.26 Å². The van der Waals surface area contributed by atoms with Crippen LogP contribution < -0.4 is 4.90 Å². The van der Waals surface area contributed by atoms with Crippen molar-refractivity contribution in [3.8, 4) is 6.07 Å². The molecule has 2 heterocycles. The number of hydrogen-bond donors (Lipinski definition) is 0. The fraction of sp³-hybridized carbons (Fsp3) is 0.222. The summed E-state index contributed by atoms with van der Waals surface area (Å²) in [5.74, 6) is 0. The minimum Gasteiger partial charge on any atom is -0.361 e. The van der Waals surface area contributed by atoms with Crippen molar-refractivity contribution >= 4 is 32.9 Å². The predicted octanol–water partition coefficient (Wildman–Crippen LogP) is 4.42. The zero-order chi connectivity index (χ0) is 17.4. The SMILES string of the molecule is N#Cc1cc([N+](=O)[O-])ccc1N1CCC[C@@H]1c1nc2ccccc2s1. The molecule has 0 aliphatic carbocycles. The smallest absolute Gasteiger partial charge is 0.270 e. The molecule has 4 rings (SSSR count). The van der Waals surface area contributed by atoms with Crippen LogP contribution in [-0.2, 0) is 0 Å². The van der Waals surface area contributed by atoms with Gasteiger partial charge in [-0.15, -0.1) is 11.3 Å². The van der Waals surface area contributed by atoms with E-state index in [1.165, 1.54) is 12.1 Å². The molecule has 25 heavy (non-hydrogen) atoms. The number of non-ortho nitro benzene ring substituents is 1. The van der Waals surface area contributed by atoms with Crippen LogP contribution in [-0.4, -0.2) is 16.5 Å². The molecule has 1 aromatic heterocycles. The average Bonchev–Trinajstić information content (AvgIpc) is 3.27. The van der Waals surface area contributed by atoms with Gasteiger partial charge in [0.15, 0.2) is 0 Å². The molecule has 6 nitrogen and oxygen atoms in total. The topological polar surface area (TPSA) is 83.1 Å². The highest BCUT2D eigenvalue weighted by Crippen LogP contribution is 2.40. The van der Waals surface area contributed by atoms with E-state index in [4.69, 9.17) is 4.98 Å². The number of nitriles is 1. The van der Waals surface area contributed by atoms with Gasteiger partial charge in [0, 0.05) is 18.7 Å². The number of nitro groups is 1. The van der Waals surface area contributed by atoms with Crippen molar-refractivity contribution in [3.05, 3.63) is 63.1 Å². The van der Waals surface area contributed by atoms with Crippen molar-refractivity contribution in [2.24, 2.45) is 0 Å². The molecule has 2 aromatic carbocycles. The Morgan fingerprint density at radius 2 is 2.16 bits per heavy atom. The molecule has 0 saturated carbocycles. The van der Waals surface area contributed by atoms with E-state index in [1.54, 1.807) is 17.4 Å². The number of rotatable bonds is 3. The number of nitrogens with zero attached hydrogens (tertiary/aromatic N) is 4. The summed E-state index contributed by atoms with van der Waals surface area (Å²) in [4.78, 5) is 17.4. The molecular weight excluding hydrogens is 336 g/mol. The summed E-state index contributed by atoms with van der Waals surface area (Å²) in [6.07, 6.45) is 1.96. The minimum absolute atomic E-state index is 0.0592. The average molecular weight is 350 g/mol. The number of fused-ring (bicyclic) bond motifs is 1. The summed E-state index contributed by atoms with van der Waals surface area (Å²) < 4.78 is 1.15. The lowest BCUT2D eigenvalue weighted by atomic mass is 10.1. The summed E-state index contributed by atoms with van der Waals surface area (Å²) in [7, 11) is 0. The van der Waals surface area contributed by atoms with Gasteiger partial charge < -0.3 is 4.90 Å². The number of nitro benzene ring substituents is 1. The number of hydrogen-bond acceptors (Lipinski definition) is 6. The Bertz CT molecular complexity index is 975. The van der Waals surface area contributed by atoms with E-state index in [1.807, 2.05) is 18.2 Å². The number of anilines is 1. The maximum absolute atomic E-state index is 11.0. The number of thiazole rings is 1. The molecule has 0 bridgehead atoms. The zero-order valence-electron chi connectivity index (χ0n) is 13.3. The highest BCUT2D eigenvalue weighted by Gasteiger charge is 2.30. The summed E-state index contributed by atoms with van der Waals surface area (Å²) in [5, 5.41) is 21.4. The fourth-order valence-corrected chi connectivity index (χ4v) is 4.44. The van der Waals surface area contributed by atoms with Gasteiger partial charge in [-0.1, -0.05) is 12.1 Å². The van der Waals surface area contributed by atoms with E-state index in [0.29, 0.717) is 5.56 Å². The molecule has 0 unspecified atom stereocenters. The second-order valence-electron chi connectivity index (χ2n) is 5.94. The largest absolute Gasteiger partial charge is 0.361 e. The van der Waals surface area contributed by atoms with Crippen molar-refractivity contribution in [2.45, 2.75) is 18.9 Å². The van der Waals surface area contributed by atoms with E-state index in [0.717, 1.165) is 40.3 Å². The van der Waals surface area contributed by atoms with Gasteiger partial charge >= 0.3 is 0 Å². The van der Waals surface area contributed by atoms with Gasteiger partial charge in [-0.25, -0.2) is 4.98 Å². The Morgan fingerprint density at radius 3 is 2.92 bits per heavy atom. The first-order valence-electron chi connectivity index (χ1n) is 7.98. The molecule has 3 aromatic rings. The van der Waals surface area contributed by atoms with E-state index >= 15 is 0 Å². The number of aromatic nitrogens is 1. The summed E-state index contributed by atoms with van der Waals surface area (Å²) in [5.41, 5.74) is 2.01. The Balaban J connectivity index is 1.74.